The number of allylic oxidation sites excluding steroid dienone is 1. The summed E-state index contributed by atoms with van der Waals surface area (Å²) in [4.78, 5) is 31.6. The number of imidazole rings is 1. The third-order valence-electron chi connectivity index (χ3n) is 6.20. The third-order valence-corrected chi connectivity index (χ3v) is 6.63. The van der Waals surface area contributed by atoms with E-state index in [0.29, 0.717) is 23.7 Å². The number of halogens is 1. The van der Waals surface area contributed by atoms with Crippen LogP contribution in [0, 0.1) is 0 Å². The molecule has 0 saturated heterocycles. The zero-order valence-corrected chi connectivity index (χ0v) is 22.9. The number of aromatic nitrogens is 4. The molecule has 0 radical (unpaired) electrons. The fraction of sp³-hybridized carbons (Fsp3) is 0.481. The maximum Gasteiger partial charge on any atom is 0.329 e. The van der Waals surface area contributed by atoms with E-state index >= 15 is 0 Å². The minimum atomic E-state index is -0.486. The van der Waals surface area contributed by atoms with Crippen LogP contribution in [-0.4, -0.2) is 25.3 Å². The Morgan fingerprint density at radius 2 is 1.67 bits per heavy atom. The molecule has 1 aromatic carbocycles. The van der Waals surface area contributed by atoms with Crippen LogP contribution in [0.2, 0.25) is 0 Å². The summed E-state index contributed by atoms with van der Waals surface area (Å²) in [6.07, 6.45) is 15.9. The van der Waals surface area contributed by atoms with Gasteiger partial charge in [-0.2, -0.15) is 10.1 Å². The monoisotopic (exact) mass is 556 g/mol. The van der Waals surface area contributed by atoms with E-state index in [0.717, 1.165) is 22.9 Å². The van der Waals surface area contributed by atoms with E-state index in [-0.39, 0.29) is 0 Å². The standard InChI is InChI=1S/C27H37BrN6O2/c1-3-4-5-6-7-8-9-10-11-15-18-34-23-24(33(2)27(36)31-25(23)35)30-26(34)32-29-20-22(28)19-21-16-13-12-14-17-21/h12-14,16-17,19-20H,3-11,15,18H2,1-2H3,(H,30,32)(H,31,35,36)/b22-19-,29-20+. The number of fused-ring (bicyclic) bond motifs is 1. The first kappa shape index (κ1) is 27.6. The van der Waals surface area contributed by atoms with Crippen LogP contribution in [0.4, 0.5) is 5.95 Å². The van der Waals surface area contributed by atoms with Crippen molar-refractivity contribution in [2.45, 2.75) is 77.7 Å². The molecular formula is C27H37BrN6O2. The zero-order chi connectivity index (χ0) is 25.8. The molecule has 0 amide bonds. The highest BCUT2D eigenvalue weighted by molar-refractivity contribution is 9.12. The Kier molecular flexibility index (Phi) is 11.2. The number of unbranched alkanes of at least 4 members (excludes halogenated alkanes) is 9. The number of hydrogen-bond donors (Lipinski definition) is 2. The number of nitrogens with one attached hydrogen (secondary N) is 2. The Hall–Kier alpha value is -2.94. The molecule has 0 spiro atoms. The van der Waals surface area contributed by atoms with E-state index < -0.39 is 11.2 Å². The van der Waals surface area contributed by atoms with Gasteiger partial charge < -0.3 is 4.57 Å². The Morgan fingerprint density at radius 3 is 2.33 bits per heavy atom. The highest BCUT2D eigenvalue weighted by Gasteiger charge is 2.16. The van der Waals surface area contributed by atoms with Crippen molar-refractivity contribution in [1.82, 2.24) is 19.1 Å². The Balaban J connectivity index is 1.65. The molecule has 3 rings (SSSR count). The van der Waals surface area contributed by atoms with Crippen LogP contribution in [0.25, 0.3) is 17.2 Å². The van der Waals surface area contributed by atoms with Gasteiger partial charge in [0.15, 0.2) is 11.2 Å². The predicted octanol–water partition coefficient (Wildman–Crippen LogP) is 6.18. The first-order chi connectivity index (χ1) is 17.5. The summed E-state index contributed by atoms with van der Waals surface area (Å²) in [5.41, 5.74) is 3.81. The number of anilines is 1. The average Bonchev–Trinajstić information content (AvgIpc) is 3.23. The summed E-state index contributed by atoms with van der Waals surface area (Å²) in [6.45, 7) is 2.86. The van der Waals surface area contributed by atoms with E-state index in [1.807, 2.05) is 41.0 Å². The third kappa shape index (κ3) is 8.05. The van der Waals surface area contributed by atoms with E-state index in [9.17, 15) is 9.59 Å². The fourth-order valence-corrected chi connectivity index (χ4v) is 4.56. The topological polar surface area (TPSA) is 97.1 Å². The molecule has 2 N–H and O–H groups in total. The molecule has 0 atom stereocenters. The van der Waals surface area contributed by atoms with Crippen LogP contribution >= 0.6 is 15.9 Å². The lowest BCUT2D eigenvalue weighted by molar-refractivity contribution is 0.538. The molecule has 2 aromatic heterocycles. The smallest absolute Gasteiger partial charge is 0.303 e. The number of aromatic amines is 1. The molecular weight excluding hydrogens is 520 g/mol. The van der Waals surface area contributed by atoms with Gasteiger partial charge in [-0.25, -0.2) is 10.2 Å². The van der Waals surface area contributed by atoms with Crippen LogP contribution in [-0.2, 0) is 13.6 Å². The first-order valence-electron chi connectivity index (χ1n) is 12.9. The van der Waals surface area contributed by atoms with Gasteiger partial charge in [-0.15, -0.1) is 0 Å². The van der Waals surface area contributed by atoms with Crippen molar-refractivity contribution in [3.05, 3.63) is 61.2 Å². The number of aryl methyl sites for hydroxylation is 2. The van der Waals surface area contributed by atoms with Crippen LogP contribution in [0.15, 0.2) is 49.5 Å². The van der Waals surface area contributed by atoms with Gasteiger partial charge in [0, 0.05) is 18.1 Å². The Bertz CT molecular complexity index is 1270. The number of hydrogen-bond acceptors (Lipinski definition) is 5. The molecule has 0 aliphatic heterocycles. The van der Waals surface area contributed by atoms with Gasteiger partial charge in [-0.05, 0) is 34.0 Å². The maximum absolute atomic E-state index is 12.6. The lowest BCUT2D eigenvalue weighted by Gasteiger charge is -2.08. The summed E-state index contributed by atoms with van der Waals surface area (Å²) in [6, 6.07) is 9.91. The molecule has 36 heavy (non-hydrogen) atoms. The van der Waals surface area contributed by atoms with Crippen LogP contribution in [0.5, 0.6) is 0 Å². The molecule has 0 fully saturated rings. The number of benzene rings is 1. The summed E-state index contributed by atoms with van der Waals surface area (Å²) >= 11 is 3.51. The lowest BCUT2D eigenvalue weighted by Crippen LogP contribution is -2.29. The molecule has 0 unspecified atom stereocenters. The Labute approximate surface area is 220 Å². The van der Waals surface area contributed by atoms with Gasteiger partial charge in [-0.1, -0.05) is 95.0 Å². The van der Waals surface area contributed by atoms with Crippen molar-refractivity contribution < 1.29 is 0 Å². The van der Waals surface area contributed by atoms with Crippen molar-refractivity contribution in [3.63, 3.8) is 0 Å². The Morgan fingerprint density at radius 1 is 1.03 bits per heavy atom. The van der Waals surface area contributed by atoms with Crippen LogP contribution in [0.3, 0.4) is 0 Å². The number of nitrogens with zero attached hydrogens (tertiary/aromatic N) is 4. The largest absolute Gasteiger partial charge is 0.329 e. The van der Waals surface area contributed by atoms with Crippen molar-refractivity contribution >= 4 is 45.3 Å². The molecule has 0 aliphatic carbocycles. The average molecular weight is 558 g/mol. The van der Waals surface area contributed by atoms with Crippen molar-refractivity contribution in [2.24, 2.45) is 12.1 Å². The summed E-state index contributed by atoms with van der Waals surface area (Å²) in [7, 11) is 1.60. The minimum Gasteiger partial charge on any atom is -0.303 e. The molecule has 0 saturated carbocycles. The summed E-state index contributed by atoms with van der Waals surface area (Å²) < 4.78 is 3.96. The van der Waals surface area contributed by atoms with Gasteiger partial charge in [0.2, 0.25) is 5.95 Å². The number of H-pyrrole nitrogens is 1. The van der Waals surface area contributed by atoms with Crippen LogP contribution < -0.4 is 16.7 Å². The van der Waals surface area contributed by atoms with E-state index in [1.54, 1.807) is 13.3 Å². The molecule has 2 heterocycles. The SMILES string of the molecule is CCCCCCCCCCCCn1c(N/N=C/C(Br)=C/c2ccccc2)nc2c1c(=O)[nH]c(=O)n2C. The summed E-state index contributed by atoms with van der Waals surface area (Å²) in [5, 5.41) is 4.30. The van der Waals surface area contributed by atoms with Gasteiger partial charge in [0.1, 0.15) is 0 Å². The van der Waals surface area contributed by atoms with Gasteiger partial charge in [0.05, 0.1) is 6.21 Å². The molecule has 0 aliphatic rings. The van der Waals surface area contributed by atoms with E-state index in [1.165, 1.54) is 55.9 Å². The quantitative estimate of drug-likeness (QED) is 0.133. The predicted molar refractivity (Wildman–Crippen MR) is 153 cm³/mol. The van der Waals surface area contributed by atoms with Crippen LogP contribution in [0.1, 0.15) is 76.7 Å². The first-order valence-corrected chi connectivity index (χ1v) is 13.7. The molecule has 8 nitrogen and oxygen atoms in total. The maximum atomic E-state index is 12.6. The molecule has 3 aromatic rings. The van der Waals surface area contributed by atoms with E-state index in [4.69, 9.17) is 0 Å². The second kappa shape index (κ2) is 14.6. The van der Waals surface area contributed by atoms with Gasteiger partial charge in [0.25, 0.3) is 5.56 Å². The van der Waals surface area contributed by atoms with E-state index in [2.05, 4.69) is 43.3 Å². The zero-order valence-electron chi connectivity index (χ0n) is 21.3. The van der Waals surface area contributed by atoms with Gasteiger partial charge >= 0.3 is 5.69 Å². The summed E-state index contributed by atoms with van der Waals surface area (Å²) in [5.74, 6) is 0.434. The molecule has 9 heteroatoms. The highest BCUT2D eigenvalue weighted by atomic mass is 79.9. The second-order valence-corrected chi connectivity index (χ2v) is 9.99. The second-order valence-electron chi connectivity index (χ2n) is 9.07. The highest BCUT2D eigenvalue weighted by Crippen LogP contribution is 2.18. The van der Waals surface area contributed by atoms with Crippen molar-refractivity contribution in [3.8, 4) is 0 Å². The molecule has 194 valence electrons. The minimum absolute atomic E-state index is 0.340. The molecule has 0 bridgehead atoms. The number of hydrazone groups is 1. The van der Waals surface area contributed by atoms with Gasteiger partial charge in [-0.3, -0.25) is 14.3 Å². The number of rotatable bonds is 15. The van der Waals surface area contributed by atoms with Crippen molar-refractivity contribution in [1.29, 1.82) is 0 Å². The lowest BCUT2D eigenvalue weighted by atomic mass is 10.1. The fourth-order valence-electron chi connectivity index (χ4n) is 4.19. The normalized spacial score (nSPS) is 12.1. The van der Waals surface area contributed by atoms with Crippen molar-refractivity contribution in [2.75, 3.05) is 5.43 Å².